The second-order valence-electron chi connectivity index (χ2n) is 5.95. The molecule has 0 saturated heterocycles. The molecule has 0 spiro atoms. The number of hydrogen-bond donors (Lipinski definition) is 0. The van der Waals surface area contributed by atoms with Gasteiger partial charge in [0.2, 0.25) is 0 Å². The number of alkyl halides is 3. The topological polar surface area (TPSA) is 74.8 Å². The number of nitrogens with zero attached hydrogens (tertiary/aromatic N) is 3. The fraction of sp³-hybridized carbons (Fsp3) is 0.353. The van der Waals surface area contributed by atoms with Gasteiger partial charge in [-0.15, -0.1) is 0 Å². The van der Waals surface area contributed by atoms with Crippen molar-refractivity contribution in [1.82, 2.24) is 9.13 Å². The van der Waals surface area contributed by atoms with E-state index in [4.69, 9.17) is 4.74 Å². The molecule has 1 heterocycles. The summed E-state index contributed by atoms with van der Waals surface area (Å²) in [4.78, 5) is 29.3. The maximum atomic E-state index is 14.5. The highest BCUT2D eigenvalue weighted by Crippen LogP contribution is 2.31. The monoisotopic (exact) mass is 481 g/mol. The lowest BCUT2D eigenvalue weighted by Crippen LogP contribution is -2.41. The van der Waals surface area contributed by atoms with Crippen LogP contribution in [0.1, 0.15) is 19.5 Å². The van der Waals surface area contributed by atoms with Crippen molar-refractivity contribution in [3.05, 3.63) is 55.0 Å². The van der Waals surface area contributed by atoms with E-state index in [1.54, 1.807) is 13.8 Å². The molecule has 0 N–H and O–H groups in total. The zero-order chi connectivity index (χ0) is 22.1. The highest BCUT2D eigenvalue weighted by atomic mass is 79.9. The molecular formula is C17H16BrF4N3O4. The third-order valence-corrected chi connectivity index (χ3v) is 4.60. The number of benzene rings is 1. The van der Waals surface area contributed by atoms with Gasteiger partial charge in [0.05, 0.1) is 15.9 Å². The van der Waals surface area contributed by atoms with Crippen LogP contribution >= 0.6 is 15.9 Å². The van der Waals surface area contributed by atoms with E-state index in [-0.39, 0.29) is 20.9 Å². The van der Waals surface area contributed by atoms with Gasteiger partial charge < -0.3 is 9.57 Å². The molecule has 158 valence electrons. The van der Waals surface area contributed by atoms with E-state index in [1.165, 1.54) is 7.11 Å². The van der Waals surface area contributed by atoms with Gasteiger partial charge in [0.25, 0.3) is 5.56 Å². The molecule has 0 saturated carbocycles. The Kier molecular flexibility index (Phi) is 6.56. The molecule has 29 heavy (non-hydrogen) atoms. The van der Waals surface area contributed by atoms with Gasteiger partial charge >= 0.3 is 11.9 Å². The van der Waals surface area contributed by atoms with Crippen molar-refractivity contribution in [2.24, 2.45) is 12.2 Å². The Morgan fingerprint density at radius 2 is 1.86 bits per heavy atom. The van der Waals surface area contributed by atoms with E-state index in [1.807, 2.05) is 0 Å². The van der Waals surface area contributed by atoms with Crippen LogP contribution in [0.2, 0.25) is 0 Å². The Bertz CT molecular complexity index is 1080. The van der Waals surface area contributed by atoms with Gasteiger partial charge in [-0.3, -0.25) is 9.36 Å². The minimum absolute atomic E-state index is 0.0356. The lowest BCUT2D eigenvalue weighted by Gasteiger charge is -2.18. The third kappa shape index (κ3) is 4.69. The van der Waals surface area contributed by atoms with Crippen LogP contribution in [0.5, 0.6) is 5.75 Å². The van der Waals surface area contributed by atoms with Crippen molar-refractivity contribution in [3.8, 4) is 11.4 Å². The smallest absolute Gasteiger partial charge is 0.431 e. The summed E-state index contributed by atoms with van der Waals surface area (Å²) in [5, 5.41) is 3.71. The van der Waals surface area contributed by atoms with Crippen LogP contribution in [0.25, 0.3) is 5.69 Å². The minimum Gasteiger partial charge on any atom is -0.483 e. The van der Waals surface area contributed by atoms with Crippen LogP contribution in [0.4, 0.5) is 17.6 Å². The molecule has 1 unspecified atom stereocenters. The van der Waals surface area contributed by atoms with Crippen molar-refractivity contribution in [3.63, 3.8) is 0 Å². The summed E-state index contributed by atoms with van der Waals surface area (Å²) in [6.45, 7) is 3.24. The van der Waals surface area contributed by atoms with Crippen molar-refractivity contribution in [2.75, 3.05) is 7.11 Å². The second kappa shape index (κ2) is 8.39. The number of rotatable bonds is 5. The first-order valence-corrected chi connectivity index (χ1v) is 8.81. The first-order valence-electron chi connectivity index (χ1n) is 8.02. The maximum absolute atomic E-state index is 14.5. The number of ether oxygens (including phenoxy) is 1. The van der Waals surface area contributed by atoms with E-state index >= 15 is 0 Å². The molecule has 1 aromatic carbocycles. The summed E-state index contributed by atoms with van der Waals surface area (Å²) < 4.78 is 59.8. The molecule has 1 atom stereocenters. The normalized spacial score (nSPS) is 13.3. The average molecular weight is 482 g/mol. The van der Waals surface area contributed by atoms with Gasteiger partial charge in [-0.25, -0.2) is 13.8 Å². The fourth-order valence-electron chi connectivity index (χ4n) is 2.39. The maximum Gasteiger partial charge on any atom is 0.431 e. The lowest BCUT2D eigenvalue weighted by molar-refractivity contribution is -0.144. The van der Waals surface area contributed by atoms with Crippen LogP contribution in [-0.4, -0.2) is 28.1 Å². The molecule has 0 fully saturated rings. The highest BCUT2D eigenvalue weighted by Gasteiger charge is 2.35. The predicted molar refractivity (Wildman–Crippen MR) is 100 cm³/mol. The van der Waals surface area contributed by atoms with E-state index < -0.39 is 40.7 Å². The van der Waals surface area contributed by atoms with Crippen molar-refractivity contribution < 1.29 is 27.1 Å². The summed E-state index contributed by atoms with van der Waals surface area (Å²) in [5.74, 6) is -0.980. The molecule has 0 bridgehead atoms. The Hall–Kier alpha value is -2.63. The van der Waals surface area contributed by atoms with E-state index in [9.17, 15) is 27.2 Å². The molecule has 0 radical (unpaired) electrons. The third-order valence-electron chi connectivity index (χ3n) is 3.98. The minimum atomic E-state index is -4.92. The molecule has 2 aromatic rings. The van der Waals surface area contributed by atoms with Gasteiger partial charge in [-0.05, 0) is 35.8 Å². The van der Waals surface area contributed by atoms with E-state index in [2.05, 4.69) is 25.9 Å². The molecule has 1 aromatic heterocycles. The van der Waals surface area contributed by atoms with Crippen LogP contribution in [0.3, 0.4) is 0 Å². The molecular weight excluding hydrogens is 466 g/mol. The summed E-state index contributed by atoms with van der Waals surface area (Å²) in [5.41, 5.74) is -4.26. The van der Waals surface area contributed by atoms with Crippen molar-refractivity contribution in [2.45, 2.75) is 26.1 Å². The Morgan fingerprint density at radius 1 is 1.24 bits per heavy atom. The number of aromatic nitrogens is 2. The molecule has 2 rings (SSSR count). The lowest BCUT2D eigenvalue weighted by atomic mass is 10.2. The largest absolute Gasteiger partial charge is 0.483 e. The zero-order valence-electron chi connectivity index (χ0n) is 15.7. The molecule has 7 nitrogen and oxygen atoms in total. The van der Waals surface area contributed by atoms with Crippen LogP contribution < -0.4 is 16.0 Å². The van der Waals surface area contributed by atoms with Crippen LogP contribution in [-0.2, 0) is 18.1 Å². The van der Waals surface area contributed by atoms with Gasteiger partial charge in [0.1, 0.15) is 30.5 Å². The first kappa shape index (κ1) is 22.7. The second-order valence-corrected chi connectivity index (χ2v) is 6.81. The standard InChI is InChI=1S/C17H16BrF4N3O4/c1-8(23-28-4)9(2)29-13-6-12(11(19)5-10(13)18)25-15(26)7-14(17(20,21)22)24(3)16(25)27/h5-7,9H,1-4H3/b23-8+. The zero-order valence-corrected chi connectivity index (χ0v) is 17.3. The number of oxime groups is 1. The predicted octanol–water partition coefficient (Wildman–Crippen LogP) is 3.25. The summed E-state index contributed by atoms with van der Waals surface area (Å²) >= 11 is 3.10. The van der Waals surface area contributed by atoms with Gasteiger partial charge in [-0.1, -0.05) is 5.16 Å². The number of hydrogen-bond acceptors (Lipinski definition) is 5. The van der Waals surface area contributed by atoms with E-state index in [0.717, 1.165) is 19.2 Å². The number of halogens is 5. The fourth-order valence-corrected chi connectivity index (χ4v) is 2.80. The Balaban J connectivity index is 2.65. The Morgan fingerprint density at radius 3 is 2.41 bits per heavy atom. The summed E-state index contributed by atoms with van der Waals surface area (Å²) in [7, 11) is 2.18. The molecule has 0 aliphatic heterocycles. The quantitative estimate of drug-likeness (QED) is 0.373. The van der Waals surface area contributed by atoms with E-state index in [0.29, 0.717) is 10.3 Å². The van der Waals surface area contributed by atoms with Crippen molar-refractivity contribution in [1.29, 1.82) is 0 Å². The van der Waals surface area contributed by atoms with Crippen LogP contribution in [0.15, 0.2) is 37.4 Å². The summed E-state index contributed by atoms with van der Waals surface area (Å²) in [6.07, 6.45) is -5.55. The average Bonchev–Trinajstić information content (AvgIpc) is 2.60. The van der Waals surface area contributed by atoms with Gasteiger partial charge in [0, 0.05) is 19.2 Å². The SMILES string of the molecule is CO/N=C(\C)C(C)Oc1cc(-n2c(=O)cc(C(F)(F)F)n(C)c2=O)c(F)cc1Br. The first-order chi connectivity index (χ1) is 13.4. The van der Waals surface area contributed by atoms with Crippen LogP contribution in [0, 0.1) is 5.82 Å². The molecule has 0 amide bonds. The molecule has 12 heteroatoms. The summed E-state index contributed by atoms with van der Waals surface area (Å²) in [6, 6.07) is 2.19. The highest BCUT2D eigenvalue weighted by molar-refractivity contribution is 9.10. The molecule has 0 aliphatic carbocycles. The Labute approximate surface area is 170 Å². The van der Waals surface area contributed by atoms with Gasteiger partial charge in [-0.2, -0.15) is 13.2 Å². The van der Waals surface area contributed by atoms with Gasteiger partial charge in [0.15, 0.2) is 0 Å². The molecule has 0 aliphatic rings. The van der Waals surface area contributed by atoms with Crippen molar-refractivity contribution >= 4 is 21.6 Å².